The standard InChI is InChI=1S/C20H21NO5S/c1-15-4-6-17(7-5-15)20(23)26-14-19(22)16-8-10-18(11-9-16)27(24,25)21-12-2-3-13-21/h4-11H,2-3,12-14H2,1H3. The van der Waals surface area contributed by atoms with Gasteiger partial charge in [-0.15, -0.1) is 0 Å². The number of nitrogens with zero attached hydrogens (tertiary/aromatic N) is 1. The second kappa shape index (κ2) is 8.02. The molecule has 27 heavy (non-hydrogen) atoms. The van der Waals surface area contributed by atoms with Gasteiger partial charge in [-0.3, -0.25) is 4.79 Å². The van der Waals surface area contributed by atoms with Crippen LogP contribution in [0.25, 0.3) is 0 Å². The SMILES string of the molecule is Cc1ccc(C(=O)OCC(=O)c2ccc(S(=O)(=O)N3CCCC3)cc2)cc1. The maximum atomic E-state index is 12.5. The van der Waals surface area contributed by atoms with Gasteiger partial charge in [-0.2, -0.15) is 4.31 Å². The molecule has 1 saturated heterocycles. The fourth-order valence-corrected chi connectivity index (χ4v) is 4.39. The van der Waals surface area contributed by atoms with Crippen molar-refractivity contribution in [1.82, 2.24) is 4.31 Å². The highest BCUT2D eigenvalue weighted by atomic mass is 32.2. The third kappa shape index (κ3) is 4.43. The largest absolute Gasteiger partial charge is 0.454 e. The molecule has 0 aliphatic carbocycles. The second-order valence-corrected chi connectivity index (χ2v) is 8.44. The molecule has 0 atom stereocenters. The van der Waals surface area contributed by atoms with Gasteiger partial charge in [0, 0.05) is 18.7 Å². The van der Waals surface area contributed by atoms with Crippen LogP contribution in [0.4, 0.5) is 0 Å². The molecule has 0 aromatic heterocycles. The van der Waals surface area contributed by atoms with E-state index < -0.39 is 22.6 Å². The average molecular weight is 387 g/mol. The van der Waals surface area contributed by atoms with Gasteiger partial charge in [-0.25, -0.2) is 13.2 Å². The van der Waals surface area contributed by atoms with Gasteiger partial charge in [-0.1, -0.05) is 17.7 Å². The van der Waals surface area contributed by atoms with Crippen LogP contribution in [-0.4, -0.2) is 44.2 Å². The predicted octanol–water partition coefficient (Wildman–Crippen LogP) is 2.82. The van der Waals surface area contributed by atoms with E-state index in [4.69, 9.17) is 4.74 Å². The van der Waals surface area contributed by atoms with Crippen molar-refractivity contribution in [3.8, 4) is 0 Å². The molecule has 0 amide bonds. The van der Waals surface area contributed by atoms with Crippen LogP contribution >= 0.6 is 0 Å². The first-order chi connectivity index (χ1) is 12.9. The smallest absolute Gasteiger partial charge is 0.338 e. The van der Waals surface area contributed by atoms with Gasteiger partial charge in [0.2, 0.25) is 10.0 Å². The molecule has 1 aliphatic rings. The van der Waals surface area contributed by atoms with Gasteiger partial charge in [0.05, 0.1) is 10.5 Å². The topological polar surface area (TPSA) is 80.8 Å². The molecule has 0 bridgehead atoms. The van der Waals surface area contributed by atoms with Crippen LogP contribution < -0.4 is 0 Å². The fraction of sp³-hybridized carbons (Fsp3) is 0.300. The lowest BCUT2D eigenvalue weighted by Crippen LogP contribution is -2.27. The van der Waals surface area contributed by atoms with Crippen molar-refractivity contribution in [2.75, 3.05) is 19.7 Å². The minimum Gasteiger partial charge on any atom is -0.454 e. The van der Waals surface area contributed by atoms with Crippen LogP contribution in [0.1, 0.15) is 39.1 Å². The van der Waals surface area contributed by atoms with Gasteiger partial charge in [-0.05, 0) is 56.2 Å². The average Bonchev–Trinajstić information content (AvgIpc) is 3.22. The fourth-order valence-electron chi connectivity index (χ4n) is 2.88. The van der Waals surface area contributed by atoms with E-state index in [0.29, 0.717) is 24.2 Å². The van der Waals surface area contributed by atoms with Crippen LogP contribution in [0, 0.1) is 6.92 Å². The van der Waals surface area contributed by atoms with Gasteiger partial charge in [0.15, 0.2) is 12.4 Å². The number of hydrogen-bond acceptors (Lipinski definition) is 5. The molecule has 0 saturated carbocycles. The molecule has 1 heterocycles. The summed E-state index contributed by atoms with van der Waals surface area (Å²) in [6.07, 6.45) is 1.73. The van der Waals surface area contributed by atoms with Crippen molar-refractivity contribution in [2.45, 2.75) is 24.7 Å². The van der Waals surface area contributed by atoms with E-state index in [9.17, 15) is 18.0 Å². The Kier molecular flexibility index (Phi) is 5.72. The quantitative estimate of drug-likeness (QED) is 0.562. The minimum absolute atomic E-state index is 0.164. The number of carbonyl (C=O) groups excluding carboxylic acids is 2. The Hall–Kier alpha value is -2.51. The molecule has 1 fully saturated rings. The molecule has 2 aromatic rings. The van der Waals surface area contributed by atoms with E-state index >= 15 is 0 Å². The molecule has 7 heteroatoms. The molecular weight excluding hydrogens is 366 g/mol. The van der Waals surface area contributed by atoms with Crippen molar-refractivity contribution in [3.05, 3.63) is 65.2 Å². The van der Waals surface area contributed by atoms with E-state index in [-0.39, 0.29) is 10.7 Å². The van der Waals surface area contributed by atoms with E-state index in [0.717, 1.165) is 18.4 Å². The number of sulfonamides is 1. The van der Waals surface area contributed by atoms with Crippen molar-refractivity contribution in [1.29, 1.82) is 0 Å². The zero-order valence-corrected chi connectivity index (χ0v) is 15.9. The Bertz CT molecular complexity index is 927. The van der Waals surface area contributed by atoms with Gasteiger partial charge in [0.25, 0.3) is 0 Å². The maximum absolute atomic E-state index is 12.5. The van der Waals surface area contributed by atoms with Gasteiger partial charge < -0.3 is 4.74 Å². The first-order valence-corrected chi connectivity index (χ1v) is 10.2. The third-order valence-electron chi connectivity index (χ3n) is 4.50. The molecule has 0 N–H and O–H groups in total. The zero-order chi connectivity index (χ0) is 19.4. The zero-order valence-electron chi connectivity index (χ0n) is 15.1. The molecule has 0 radical (unpaired) electrons. The Morgan fingerprint density at radius 3 is 2.07 bits per heavy atom. The number of ketones is 1. The highest BCUT2D eigenvalue weighted by Crippen LogP contribution is 2.21. The number of Topliss-reactive ketones (excluding diaryl/α,β-unsaturated/α-hetero) is 1. The highest BCUT2D eigenvalue weighted by molar-refractivity contribution is 7.89. The molecule has 142 valence electrons. The van der Waals surface area contributed by atoms with E-state index in [1.165, 1.54) is 28.6 Å². The normalized spacial score (nSPS) is 14.9. The summed E-state index contributed by atoms with van der Waals surface area (Å²) in [7, 11) is -3.51. The molecule has 0 spiro atoms. The van der Waals surface area contributed by atoms with Crippen LogP contribution in [0.15, 0.2) is 53.4 Å². The Balaban J connectivity index is 1.62. The van der Waals surface area contributed by atoms with E-state index in [2.05, 4.69) is 0 Å². The molecule has 6 nitrogen and oxygen atoms in total. The summed E-state index contributed by atoms with van der Waals surface area (Å²) in [5.74, 6) is -0.961. The predicted molar refractivity (Wildman–Crippen MR) is 100 cm³/mol. The Labute approximate surface area is 158 Å². The molecule has 3 rings (SSSR count). The van der Waals surface area contributed by atoms with E-state index in [1.54, 1.807) is 24.3 Å². The maximum Gasteiger partial charge on any atom is 0.338 e. The van der Waals surface area contributed by atoms with Crippen LogP contribution in [0.2, 0.25) is 0 Å². The number of carbonyl (C=O) groups is 2. The number of hydrogen-bond donors (Lipinski definition) is 0. The summed E-state index contributed by atoms with van der Waals surface area (Å²) in [5, 5.41) is 0. The van der Waals surface area contributed by atoms with Crippen molar-refractivity contribution in [2.24, 2.45) is 0 Å². The summed E-state index contributed by atoms with van der Waals surface area (Å²) in [6.45, 7) is 2.56. The molecule has 1 aliphatic heterocycles. The van der Waals surface area contributed by atoms with Crippen molar-refractivity contribution < 1.29 is 22.7 Å². The second-order valence-electron chi connectivity index (χ2n) is 6.50. The highest BCUT2D eigenvalue weighted by Gasteiger charge is 2.27. The van der Waals surface area contributed by atoms with Crippen LogP contribution in [-0.2, 0) is 14.8 Å². The van der Waals surface area contributed by atoms with Crippen LogP contribution in [0.3, 0.4) is 0 Å². The van der Waals surface area contributed by atoms with Gasteiger partial charge >= 0.3 is 5.97 Å². The molecule has 0 unspecified atom stereocenters. The summed E-state index contributed by atoms with van der Waals surface area (Å²) in [6, 6.07) is 12.6. The number of rotatable bonds is 6. The van der Waals surface area contributed by atoms with Gasteiger partial charge in [0.1, 0.15) is 0 Å². The third-order valence-corrected chi connectivity index (χ3v) is 6.41. The summed E-state index contributed by atoms with van der Waals surface area (Å²) in [4.78, 5) is 24.3. The van der Waals surface area contributed by atoms with Crippen molar-refractivity contribution >= 4 is 21.8 Å². The molecular formula is C20H21NO5S. The Morgan fingerprint density at radius 2 is 1.48 bits per heavy atom. The summed E-state index contributed by atoms with van der Waals surface area (Å²) in [5.41, 5.74) is 1.69. The summed E-state index contributed by atoms with van der Waals surface area (Å²) < 4.78 is 31.5. The van der Waals surface area contributed by atoms with Crippen LogP contribution in [0.5, 0.6) is 0 Å². The first kappa shape index (κ1) is 19.3. The minimum atomic E-state index is -3.51. The number of esters is 1. The molecule has 2 aromatic carbocycles. The van der Waals surface area contributed by atoms with E-state index in [1.807, 2.05) is 6.92 Å². The monoisotopic (exact) mass is 387 g/mol. The number of benzene rings is 2. The number of ether oxygens (including phenoxy) is 1. The Morgan fingerprint density at radius 1 is 0.926 bits per heavy atom. The van der Waals surface area contributed by atoms with Crippen molar-refractivity contribution in [3.63, 3.8) is 0 Å². The lowest BCUT2D eigenvalue weighted by Gasteiger charge is -2.15. The lowest BCUT2D eigenvalue weighted by atomic mass is 10.1. The lowest BCUT2D eigenvalue weighted by molar-refractivity contribution is 0.0474. The number of aryl methyl sites for hydroxylation is 1. The summed E-state index contributed by atoms with van der Waals surface area (Å²) >= 11 is 0. The first-order valence-electron chi connectivity index (χ1n) is 8.75.